The number of esters is 1. The average Bonchev–Trinajstić information content (AvgIpc) is 3.31. The molecule has 2 aromatic carbocycles. The Kier molecular flexibility index (Phi) is 7.40. The van der Waals surface area contributed by atoms with Gasteiger partial charge in [0.1, 0.15) is 5.75 Å². The topological polar surface area (TPSA) is 71.4 Å². The Morgan fingerprint density at radius 1 is 1.09 bits per heavy atom. The lowest BCUT2D eigenvalue weighted by Gasteiger charge is -2.32. The van der Waals surface area contributed by atoms with Crippen LogP contribution in [0.15, 0.2) is 59.7 Å². The van der Waals surface area contributed by atoms with Crippen LogP contribution < -0.4 is 4.74 Å². The van der Waals surface area contributed by atoms with Crippen LogP contribution in [0.1, 0.15) is 43.4 Å². The minimum atomic E-state index is -0.177. The first kappa shape index (κ1) is 23.0. The Morgan fingerprint density at radius 3 is 2.55 bits per heavy atom. The van der Waals surface area contributed by atoms with Gasteiger partial charge < -0.3 is 9.47 Å². The van der Waals surface area contributed by atoms with E-state index in [1.807, 2.05) is 61.5 Å². The number of amides is 1. The molecule has 4 rings (SSSR count). The van der Waals surface area contributed by atoms with Crippen molar-refractivity contribution in [3.63, 3.8) is 0 Å². The quantitative estimate of drug-likeness (QED) is 0.604. The van der Waals surface area contributed by atoms with Gasteiger partial charge in [0.25, 0.3) is 5.91 Å². The fraction of sp³-hybridized carbons (Fsp3) is 0.423. The highest BCUT2D eigenvalue weighted by Crippen LogP contribution is 2.34. The standard InChI is InChI=1S/C26H31N3O4/c1-3-33-26(31)21-10-7-15-28(17-21)18-25(30)29-24(20-11-13-22(32-2)14-12-20)16-23(27-29)19-8-5-4-6-9-19/h4-6,8-9,11-14,21,24H,3,7,10,15-18H2,1-2H3/t21-,24-/m0/s1. The van der Waals surface area contributed by atoms with Gasteiger partial charge >= 0.3 is 5.97 Å². The number of hydrazone groups is 1. The monoisotopic (exact) mass is 449 g/mol. The lowest BCUT2D eigenvalue weighted by molar-refractivity contribution is -0.150. The SMILES string of the molecule is CCOC(=O)[C@H]1CCCN(CC(=O)N2N=C(c3ccccc3)C[C@H]2c2ccc(OC)cc2)C1. The van der Waals surface area contributed by atoms with Gasteiger partial charge in [0.2, 0.25) is 0 Å². The van der Waals surface area contributed by atoms with Crippen molar-refractivity contribution < 1.29 is 19.1 Å². The zero-order valence-corrected chi connectivity index (χ0v) is 19.3. The fourth-order valence-electron chi connectivity index (χ4n) is 4.55. The summed E-state index contributed by atoms with van der Waals surface area (Å²) < 4.78 is 10.5. The van der Waals surface area contributed by atoms with Crippen molar-refractivity contribution in [1.29, 1.82) is 0 Å². The molecule has 0 aliphatic carbocycles. The third-order valence-electron chi connectivity index (χ3n) is 6.26. The van der Waals surface area contributed by atoms with Crippen molar-refractivity contribution in [1.82, 2.24) is 9.91 Å². The number of carbonyl (C=O) groups excluding carboxylic acids is 2. The molecule has 0 bridgehead atoms. The molecule has 7 nitrogen and oxygen atoms in total. The summed E-state index contributed by atoms with van der Waals surface area (Å²) in [6.07, 6.45) is 2.32. The number of rotatable bonds is 7. The lowest BCUT2D eigenvalue weighted by Crippen LogP contribution is -2.44. The number of methoxy groups -OCH3 is 1. The van der Waals surface area contributed by atoms with E-state index in [1.165, 1.54) is 0 Å². The van der Waals surface area contributed by atoms with Crippen molar-refractivity contribution in [2.24, 2.45) is 11.0 Å². The van der Waals surface area contributed by atoms with E-state index >= 15 is 0 Å². The number of likely N-dealkylation sites (tertiary alicyclic amines) is 1. The summed E-state index contributed by atoms with van der Waals surface area (Å²) in [6, 6.07) is 17.6. The highest BCUT2D eigenvalue weighted by Gasteiger charge is 2.35. The molecular weight excluding hydrogens is 418 g/mol. The summed E-state index contributed by atoms with van der Waals surface area (Å²) in [5.74, 6) is 0.366. The van der Waals surface area contributed by atoms with Gasteiger partial charge in [0, 0.05) is 13.0 Å². The molecule has 33 heavy (non-hydrogen) atoms. The molecule has 2 aliphatic rings. The van der Waals surface area contributed by atoms with Crippen LogP contribution in [0.25, 0.3) is 0 Å². The Hall–Kier alpha value is -3.19. The zero-order valence-electron chi connectivity index (χ0n) is 19.3. The van der Waals surface area contributed by atoms with Crippen LogP contribution in [0.2, 0.25) is 0 Å². The summed E-state index contributed by atoms with van der Waals surface area (Å²) in [5, 5.41) is 6.38. The number of hydrogen-bond donors (Lipinski definition) is 0. The van der Waals surface area contributed by atoms with Crippen LogP contribution in [-0.2, 0) is 14.3 Å². The summed E-state index contributed by atoms with van der Waals surface area (Å²) in [5.41, 5.74) is 2.93. The molecule has 0 spiro atoms. The van der Waals surface area contributed by atoms with Gasteiger partial charge in [0.15, 0.2) is 0 Å². The van der Waals surface area contributed by atoms with Crippen LogP contribution in [0.4, 0.5) is 0 Å². The molecule has 174 valence electrons. The van der Waals surface area contributed by atoms with Crippen molar-refractivity contribution in [3.8, 4) is 5.75 Å². The summed E-state index contributed by atoms with van der Waals surface area (Å²) >= 11 is 0. The minimum Gasteiger partial charge on any atom is -0.497 e. The number of hydrogen-bond acceptors (Lipinski definition) is 6. The fourth-order valence-corrected chi connectivity index (χ4v) is 4.55. The van der Waals surface area contributed by atoms with Crippen molar-refractivity contribution in [2.45, 2.75) is 32.2 Å². The number of nitrogens with zero attached hydrogens (tertiary/aromatic N) is 3. The van der Waals surface area contributed by atoms with E-state index in [4.69, 9.17) is 14.6 Å². The maximum absolute atomic E-state index is 13.4. The molecule has 1 fully saturated rings. The Balaban J connectivity index is 1.52. The predicted molar refractivity (Wildman–Crippen MR) is 126 cm³/mol. The zero-order chi connectivity index (χ0) is 23.2. The van der Waals surface area contributed by atoms with E-state index in [0.29, 0.717) is 19.6 Å². The van der Waals surface area contributed by atoms with Crippen LogP contribution in [0.3, 0.4) is 0 Å². The Bertz CT molecular complexity index is 990. The summed E-state index contributed by atoms with van der Waals surface area (Å²) in [6.45, 7) is 3.76. The van der Waals surface area contributed by atoms with Crippen LogP contribution in [0, 0.1) is 5.92 Å². The highest BCUT2D eigenvalue weighted by atomic mass is 16.5. The summed E-state index contributed by atoms with van der Waals surface area (Å²) in [4.78, 5) is 27.7. The molecule has 0 saturated carbocycles. The average molecular weight is 450 g/mol. The Morgan fingerprint density at radius 2 is 1.85 bits per heavy atom. The third-order valence-corrected chi connectivity index (χ3v) is 6.26. The van der Waals surface area contributed by atoms with Gasteiger partial charge in [-0.1, -0.05) is 42.5 Å². The first-order chi connectivity index (χ1) is 16.1. The molecule has 0 radical (unpaired) electrons. The first-order valence-corrected chi connectivity index (χ1v) is 11.6. The molecule has 0 aromatic heterocycles. The largest absolute Gasteiger partial charge is 0.497 e. The van der Waals surface area contributed by atoms with Gasteiger partial charge in [-0.3, -0.25) is 14.5 Å². The molecule has 0 unspecified atom stereocenters. The van der Waals surface area contributed by atoms with E-state index in [2.05, 4.69) is 4.90 Å². The minimum absolute atomic E-state index is 0.0636. The van der Waals surface area contributed by atoms with E-state index < -0.39 is 0 Å². The predicted octanol–water partition coefficient (Wildman–Crippen LogP) is 3.65. The van der Waals surface area contributed by atoms with Gasteiger partial charge in [-0.05, 0) is 49.6 Å². The smallest absolute Gasteiger partial charge is 0.310 e. The molecule has 2 aromatic rings. The normalized spacial score (nSPS) is 20.9. The first-order valence-electron chi connectivity index (χ1n) is 11.6. The van der Waals surface area contributed by atoms with Gasteiger partial charge in [-0.25, -0.2) is 5.01 Å². The van der Waals surface area contributed by atoms with Crippen LogP contribution >= 0.6 is 0 Å². The summed E-state index contributed by atoms with van der Waals surface area (Å²) in [7, 11) is 1.64. The molecule has 7 heteroatoms. The number of benzene rings is 2. The molecule has 2 aliphatic heterocycles. The van der Waals surface area contributed by atoms with Gasteiger partial charge in [0.05, 0.1) is 37.9 Å². The van der Waals surface area contributed by atoms with E-state index in [9.17, 15) is 9.59 Å². The molecule has 1 amide bonds. The second-order valence-corrected chi connectivity index (χ2v) is 8.47. The number of ether oxygens (including phenoxy) is 2. The second-order valence-electron chi connectivity index (χ2n) is 8.47. The molecular formula is C26H31N3O4. The van der Waals surface area contributed by atoms with Crippen molar-refractivity contribution in [3.05, 3.63) is 65.7 Å². The van der Waals surface area contributed by atoms with Crippen LogP contribution in [0.5, 0.6) is 5.75 Å². The maximum Gasteiger partial charge on any atom is 0.310 e. The number of carbonyl (C=O) groups is 2. The molecule has 2 heterocycles. The number of piperidine rings is 1. The van der Waals surface area contributed by atoms with E-state index in [1.54, 1.807) is 12.1 Å². The van der Waals surface area contributed by atoms with Crippen molar-refractivity contribution >= 4 is 17.6 Å². The maximum atomic E-state index is 13.4. The third kappa shape index (κ3) is 5.42. The lowest BCUT2D eigenvalue weighted by atomic mass is 9.97. The van der Waals surface area contributed by atoms with Crippen LogP contribution in [-0.4, -0.2) is 60.8 Å². The van der Waals surface area contributed by atoms with E-state index in [-0.39, 0.29) is 30.4 Å². The second kappa shape index (κ2) is 10.6. The van der Waals surface area contributed by atoms with Gasteiger partial charge in [-0.15, -0.1) is 0 Å². The molecule has 1 saturated heterocycles. The van der Waals surface area contributed by atoms with E-state index in [0.717, 1.165) is 42.0 Å². The highest BCUT2D eigenvalue weighted by molar-refractivity contribution is 6.03. The van der Waals surface area contributed by atoms with Crippen molar-refractivity contribution in [2.75, 3.05) is 33.4 Å². The molecule has 2 atom stereocenters. The van der Waals surface area contributed by atoms with Gasteiger partial charge in [-0.2, -0.15) is 5.10 Å². The molecule has 0 N–H and O–H groups in total. The Labute approximate surface area is 195 Å².